The summed E-state index contributed by atoms with van der Waals surface area (Å²) in [5.41, 5.74) is 1.92. The number of hydrogen-bond donors (Lipinski definition) is 1. The highest BCUT2D eigenvalue weighted by atomic mass is 79.9. The largest absolute Gasteiger partial charge is 0.493 e. The van der Waals surface area contributed by atoms with Crippen LogP contribution in [-0.4, -0.2) is 13.7 Å². The van der Waals surface area contributed by atoms with Crippen molar-refractivity contribution in [1.29, 1.82) is 0 Å². The van der Waals surface area contributed by atoms with Gasteiger partial charge in [-0.05, 0) is 54.4 Å². The van der Waals surface area contributed by atoms with Crippen LogP contribution in [0.15, 0.2) is 59.1 Å². The predicted molar refractivity (Wildman–Crippen MR) is 118 cm³/mol. The van der Waals surface area contributed by atoms with Crippen molar-refractivity contribution in [3.63, 3.8) is 0 Å². The summed E-state index contributed by atoms with van der Waals surface area (Å²) in [5, 5.41) is 3.61. The van der Waals surface area contributed by atoms with E-state index < -0.39 is 5.82 Å². The van der Waals surface area contributed by atoms with Crippen molar-refractivity contribution in [2.24, 2.45) is 0 Å². The second-order valence-electron chi connectivity index (χ2n) is 6.60. The first-order chi connectivity index (χ1) is 14.5. The van der Waals surface area contributed by atoms with Gasteiger partial charge in [0.2, 0.25) is 0 Å². The molecule has 3 nitrogen and oxygen atoms in total. The Labute approximate surface area is 188 Å². The quantitative estimate of drug-likeness (QED) is 0.353. The number of methoxy groups -OCH3 is 1. The van der Waals surface area contributed by atoms with E-state index in [1.807, 2.05) is 12.1 Å². The summed E-state index contributed by atoms with van der Waals surface area (Å²) in [7, 11) is 1.54. The van der Waals surface area contributed by atoms with Crippen LogP contribution in [0, 0.1) is 11.6 Å². The lowest BCUT2D eigenvalue weighted by Gasteiger charge is -2.15. The molecule has 0 spiro atoms. The average Bonchev–Trinajstić information content (AvgIpc) is 2.73. The van der Waals surface area contributed by atoms with Gasteiger partial charge in [0.25, 0.3) is 0 Å². The molecule has 3 aromatic carbocycles. The first-order valence-electron chi connectivity index (χ1n) is 9.35. The Morgan fingerprint density at radius 2 is 1.73 bits per heavy atom. The molecular weight excluding hydrogens is 476 g/mol. The van der Waals surface area contributed by atoms with Crippen molar-refractivity contribution in [2.75, 3.05) is 13.7 Å². The monoisotopic (exact) mass is 495 g/mol. The van der Waals surface area contributed by atoms with Gasteiger partial charge in [0.1, 0.15) is 18.2 Å². The van der Waals surface area contributed by atoms with Gasteiger partial charge in [-0.3, -0.25) is 0 Å². The number of rotatable bonds is 9. The Morgan fingerprint density at radius 3 is 2.47 bits per heavy atom. The van der Waals surface area contributed by atoms with Crippen molar-refractivity contribution in [3.8, 4) is 11.5 Å². The van der Waals surface area contributed by atoms with Gasteiger partial charge in [0.05, 0.1) is 12.1 Å². The zero-order valence-corrected chi connectivity index (χ0v) is 18.7. The summed E-state index contributed by atoms with van der Waals surface area (Å²) in [6.45, 7) is 1.17. The molecule has 0 saturated carbocycles. The van der Waals surface area contributed by atoms with Crippen LogP contribution in [0.1, 0.15) is 16.7 Å². The van der Waals surface area contributed by atoms with Crippen LogP contribution in [0.25, 0.3) is 0 Å². The fourth-order valence-corrected chi connectivity index (χ4v) is 3.63. The third kappa shape index (κ3) is 5.72. The van der Waals surface area contributed by atoms with E-state index in [0.29, 0.717) is 41.6 Å². The molecule has 0 atom stereocenters. The van der Waals surface area contributed by atoms with E-state index >= 15 is 0 Å². The first kappa shape index (κ1) is 22.5. The Bertz CT molecular complexity index is 996. The van der Waals surface area contributed by atoms with Crippen LogP contribution in [0.4, 0.5) is 8.78 Å². The molecule has 0 aromatic heterocycles. The summed E-state index contributed by atoms with van der Waals surface area (Å²) >= 11 is 9.60. The SMILES string of the molecule is COc1cc(CNCCc2ccccc2F)c(Br)cc1OCc1c(F)cccc1Cl. The Kier molecular flexibility index (Phi) is 8.08. The second kappa shape index (κ2) is 10.8. The number of nitrogens with one attached hydrogen (secondary N) is 1. The molecule has 1 N–H and O–H groups in total. The lowest BCUT2D eigenvalue weighted by molar-refractivity contribution is 0.279. The third-order valence-corrected chi connectivity index (χ3v) is 5.70. The summed E-state index contributed by atoms with van der Waals surface area (Å²) in [5.74, 6) is 0.380. The molecule has 158 valence electrons. The molecule has 3 rings (SSSR count). The van der Waals surface area contributed by atoms with Crippen molar-refractivity contribution < 1.29 is 18.3 Å². The lowest BCUT2D eigenvalue weighted by atomic mass is 10.1. The molecule has 0 heterocycles. The summed E-state index contributed by atoms with van der Waals surface area (Å²) in [6.07, 6.45) is 0.589. The minimum Gasteiger partial charge on any atom is -0.493 e. The molecule has 0 fully saturated rings. The van der Waals surface area contributed by atoms with Crippen molar-refractivity contribution >= 4 is 27.5 Å². The van der Waals surface area contributed by atoms with E-state index in [-0.39, 0.29) is 18.0 Å². The molecule has 0 radical (unpaired) electrons. The van der Waals surface area contributed by atoms with Gasteiger partial charge in [-0.15, -0.1) is 0 Å². The van der Waals surface area contributed by atoms with Crippen molar-refractivity contribution in [1.82, 2.24) is 5.32 Å². The normalized spacial score (nSPS) is 10.8. The maximum absolute atomic E-state index is 14.0. The number of hydrogen-bond acceptors (Lipinski definition) is 3. The van der Waals surface area contributed by atoms with Crippen LogP contribution in [-0.2, 0) is 19.6 Å². The minimum atomic E-state index is -0.420. The van der Waals surface area contributed by atoms with E-state index in [2.05, 4.69) is 21.2 Å². The molecule has 0 saturated heterocycles. The van der Waals surface area contributed by atoms with E-state index in [9.17, 15) is 8.78 Å². The molecule has 0 aliphatic rings. The highest BCUT2D eigenvalue weighted by Crippen LogP contribution is 2.34. The molecule has 30 heavy (non-hydrogen) atoms. The van der Waals surface area contributed by atoms with Crippen molar-refractivity contribution in [3.05, 3.63) is 92.4 Å². The van der Waals surface area contributed by atoms with E-state index in [4.69, 9.17) is 21.1 Å². The maximum Gasteiger partial charge on any atom is 0.162 e. The Balaban J connectivity index is 1.63. The van der Waals surface area contributed by atoms with Gasteiger partial charge in [-0.25, -0.2) is 8.78 Å². The number of halogens is 4. The van der Waals surface area contributed by atoms with Crippen LogP contribution < -0.4 is 14.8 Å². The molecule has 0 amide bonds. The minimum absolute atomic E-state index is 0.0193. The predicted octanol–water partition coefficient (Wildman–Crippen LogP) is 6.30. The van der Waals surface area contributed by atoms with Crippen molar-refractivity contribution in [2.45, 2.75) is 19.6 Å². The average molecular weight is 497 g/mol. The maximum atomic E-state index is 14.0. The summed E-state index contributed by atoms with van der Waals surface area (Å²) in [4.78, 5) is 0. The molecule has 3 aromatic rings. The fourth-order valence-electron chi connectivity index (χ4n) is 2.95. The van der Waals surface area contributed by atoms with Crippen LogP contribution in [0.3, 0.4) is 0 Å². The standard InChI is InChI=1S/C23H21BrClF2NO2/c1-29-22-11-16(13-28-10-9-15-5-2-3-7-20(15)26)18(24)12-23(22)30-14-17-19(25)6-4-8-21(17)27/h2-8,11-12,28H,9-10,13-14H2,1H3. The Morgan fingerprint density at radius 1 is 0.967 bits per heavy atom. The molecule has 0 unspecified atom stereocenters. The number of benzene rings is 3. The smallest absolute Gasteiger partial charge is 0.162 e. The van der Waals surface area contributed by atoms with Gasteiger partial charge in [-0.2, -0.15) is 0 Å². The first-order valence-corrected chi connectivity index (χ1v) is 10.5. The third-order valence-electron chi connectivity index (χ3n) is 4.61. The van der Waals surface area contributed by atoms with Gasteiger partial charge in [0.15, 0.2) is 11.5 Å². The topological polar surface area (TPSA) is 30.5 Å². The number of ether oxygens (including phenoxy) is 2. The highest BCUT2D eigenvalue weighted by Gasteiger charge is 2.13. The second-order valence-corrected chi connectivity index (χ2v) is 7.86. The van der Waals surface area contributed by atoms with Crippen LogP contribution in [0.5, 0.6) is 11.5 Å². The van der Waals surface area contributed by atoms with Gasteiger partial charge in [-0.1, -0.05) is 51.8 Å². The van der Waals surface area contributed by atoms with E-state index in [1.54, 1.807) is 37.4 Å². The van der Waals surface area contributed by atoms with Gasteiger partial charge < -0.3 is 14.8 Å². The van der Waals surface area contributed by atoms with Gasteiger partial charge >= 0.3 is 0 Å². The molecule has 0 aliphatic heterocycles. The zero-order chi connectivity index (χ0) is 21.5. The summed E-state index contributed by atoms with van der Waals surface area (Å²) < 4.78 is 39.7. The molecule has 0 bridgehead atoms. The van der Waals surface area contributed by atoms with Crippen LogP contribution >= 0.6 is 27.5 Å². The molecular formula is C23H21BrClF2NO2. The van der Waals surface area contributed by atoms with E-state index in [0.717, 1.165) is 10.0 Å². The zero-order valence-electron chi connectivity index (χ0n) is 16.4. The molecule has 7 heteroatoms. The lowest BCUT2D eigenvalue weighted by Crippen LogP contribution is -2.17. The Hall–Kier alpha value is -2.15. The fraction of sp³-hybridized carbons (Fsp3) is 0.217. The highest BCUT2D eigenvalue weighted by molar-refractivity contribution is 9.10. The molecule has 0 aliphatic carbocycles. The van der Waals surface area contributed by atoms with Crippen LogP contribution in [0.2, 0.25) is 5.02 Å². The van der Waals surface area contributed by atoms with Gasteiger partial charge in [0, 0.05) is 16.6 Å². The summed E-state index contributed by atoms with van der Waals surface area (Å²) in [6, 6.07) is 14.9. The van der Waals surface area contributed by atoms with E-state index in [1.165, 1.54) is 12.1 Å².